The summed E-state index contributed by atoms with van der Waals surface area (Å²) in [5, 5.41) is 27.4. The highest BCUT2D eigenvalue weighted by molar-refractivity contribution is 8.00. The van der Waals surface area contributed by atoms with E-state index in [1.807, 2.05) is 0 Å². The van der Waals surface area contributed by atoms with Gasteiger partial charge in [0.05, 0.1) is 0 Å². The molecule has 0 saturated carbocycles. The van der Waals surface area contributed by atoms with E-state index in [1.165, 1.54) is 17.1 Å². The number of hydrogen-bond acceptors (Lipinski definition) is 11. The van der Waals surface area contributed by atoms with Gasteiger partial charge in [0.15, 0.2) is 16.9 Å². The molecule has 0 aliphatic carbocycles. The van der Waals surface area contributed by atoms with Crippen LogP contribution in [0, 0.1) is 0 Å². The van der Waals surface area contributed by atoms with Crippen LogP contribution in [0.5, 0.6) is 0 Å². The first-order chi connectivity index (χ1) is 12.8. The number of aliphatic carboxylic acids is 1. The molecule has 1 amide bonds. The number of carbonyl (C=O) groups is 3. The first-order valence-corrected chi connectivity index (χ1v) is 9.54. The maximum Gasteiger partial charge on any atom is 0.355 e. The molecular weight excluding hydrogens is 398 g/mol. The highest BCUT2D eigenvalue weighted by Gasteiger charge is 2.41. The van der Waals surface area contributed by atoms with Gasteiger partial charge in [0.25, 0.3) is 5.91 Å². The van der Waals surface area contributed by atoms with Crippen LogP contribution in [-0.4, -0.2) is 62.1 Å². The number of aromatic nitrogens is 1. The zero-order valence-electron chi connectivity index (χ0n) is 13.8. The second-order valence-electron chi connectivity index (χ2n) is 5.63. The Kier molecular flexibility index (Phi) is 5.23. The van der Waals surface area contributed by atoms with Crippen molar-refractivity contribution in [2.45, 2.75) is 24.4 Å². The van der Waals surface area contributed by atoms with E-state index in [0.717, 1.165) is 16.9 Å². The molecule has 2 aliphatic rings. The zero-order chi connectivity index (χ0) is 19.7. The lowest BCUT2D eigenvalue weighted by Gasteiger charge is -2.29. The molecule has 3 atom stereocenters. The predicted molar refractivity (Wildman–Crippen MR) is 96.4 cm³/mol. The third kappa shape index (κ3) is 3.68. The monoisotopic (exact) mass is 413 g/mol. The molecule has 0 fully saturated rings. The van der Waals surface area contributed by atoms with Gasteiger partial charge in [0.1, 0.15) is 22.9 Å². The summed E-state index contributed by atoms with van der Waals surface area (Å²) in [7, 11) is 0. The average molecular weight is 413 g/mol. The summed E-state index contributed by atoms with van der Waals surface area (Å²) >= 11 is 2.24. The van der Waals surface area contributed by atoms with Gasteiger partial charge in [-0.15, -0.1) is 23.1 Å². The number of carboxylic acid groups (broad SMARTS) is 1. The Hall–Kier alpha value is -2.80. The van der Waals surface area contributed by atoms with Gasteiger partial charge in [0.2, 0.25) is 0 Å². The second-order valence-corrected chi connectivity index (χ2v) is 7.65. The standard InChI is InChI=1S/C14H15N5O6S2/c1-4-5-2-26-11(18-7(5)13(23)25-4)9(12(21)22)17-10(20)8(19-24)6-3-27-14(15)16-6/h3-4,9,11,18,24H,2H2,1H3,(H2,15,16)(H,17,20)(H,21,22)/b19-8+/t4-,9+,11+/m1/s1. The molecule has 0 unspecified atom stereocenters. The molecule has 0 aromatic carbocycles. The molecule has 27 heavy (non-hydrogen) atoms. The number of esters is 1. The van der Waals surface area contributed by atoms with Crippen molar-refractivity contribution in [1.82, 2.24) is 15.6 Å². The first-order valence-electron chi connectivity index (χ1n) is 7.61. The highest BCUT2D eigenvalue weighted by atomic mass is 32.2. The van der Waals surface area contributed by atoms with Crippen LogP contribution < -0.4 is 16.4 Å². The van der Waals surface area contributed by atoms with E-state index in [-0.39, 0.29) is 22.6 Å². The van der Waals surface area contributed by atoms with Crippen LogP contribution in [0.1, 0.15) is 12.6 Å². The van der Waals surface area contributed by atoms with Crippen molar-refractivity contribution in [2.75, 3.05) is 11.5 Å². The van der Waals surface area contributed by atoms with Crippen molar-refractivity contribution < 1.29 is 29.4 Å². The number of anilines is 1. The van der Waals surface area contributed by atoms with E-state index in [0.29, 0.717) is 5.75 Å². The van der Waals surface area contributed by atoms with E-state index in [2.05, 4.69) is 20.8 Å². The number of nitrogens with one attached hydrogen (secondary N) is 2. The molecule has 13 heteroatoms. The Morgan fingerprint density at radius 2 is 2.30 bits per heavy atom. The number of nitrogen functional groups attached to an aromatic ring is 1. The Balaban J connectivity index is 1.77. The second kappa shape index (κ2) is 7.44. The molecule has 1 aromatic rings. The number of hydrogen-bond donors (Lipinski definition) is 5. The average Bonchev–Trinajstić information content (AvgIpc) is 3.16. The Bertz CT molecular complexity index is 866. The number of nitrogens with two attached hydrogens (primary N) is 1. The van der Waals surface area contributed by atoms with Crippen molar-refractivity contribution in [1.29, 1.82) is 0 Å². The summed E-state index contributed by atoms with van der Waals surface area (Å²) in [5.74, 6) is -2.45. The van der Waals surface area contributed by atoms with Crippen LogP contribution >= 0.6 is 23.1 Å². The van der Waals surface area contributed by atoms with E-state index in [1.54, 1.807) is 6.92 Å². The van der Waals surface area contributed by atoms with E-state index in [4.69, 9.17) is 15.7 Å². The third-order valence-electron chi connectivity index (χ3n) is 3.94. The number of carboxylic acids is 1. The number of rotatable bonds is 5. The largest absolute Gasteiger partial charge is 0.480 e. The molecule has 3 heterocycles. The topological polar surface area (TPSA) is 176 Å². The van der Waals surface area contributed by atoms with Gasteiger partial charge in [0, 0.05) is 16.7 Å². The summed E-state index contributed by atoms with van der Waals surface area (Å²) in [6.07, 6.45) is -0.380. The molecule has 6 N–H and O–H groups in total. The van der Waals surface area contributed by atoms with Crippen molar-refractivity contribution >= 4 is 51.8 Å². The summed E-state index contributed by atoms with van der Waals surface area (Å²) in [4.78, 5) is 39.8. The van der Waals surface area contributed by atoms with Crippen LogP contribution in [0.4, 0.5) is 5.13 Å². The number of nitrogens with zero attached hydrogens (tertiary/aromatic N) is 2. The van der Waals surface area contributed by atoms with Crippen molar-refractivity contribution in [3.05, 3.63) is 22.3 Å². The fraction of sp³-hybridized carbons (Fsp3) is 0.357. The molecule has 3 rings (SSSR count). The van der Waals surface area contributed by atoms with Gasteiger partial charge in [-0.1, -0.05) is 5.16 Å². The van der Waals surface area contributed by atoms with Crippen LogP contribution in [-0.2, 0) is 19.1 Å². The fourth-order valence-corrected chi connectivity index (χ4v) is 4.46. The maximum atomic E-state index is 12.4. The lowest BCUT2D eigenvalue weighted by Crippen LogP contribution is -2.55. The van der Waals surface area contributed by atoms with Gasteiger partial charge in [-0.05, 0) is 6.92 Å². The molecule has 144 valence electrons. The maximum absolute atomic E-state index is 12.4. The quantitative estimate of drug-likeness (QED) is 0.180. The van der Waals surface area contributed by atoms with Crippen molar-refractivity contribution in [2.24, 2.45) is 5.16 Å². The molecule has 0 saturated heterocycles. The lowest BCUT2D eigenvalue weighted by atomic mass is 10.1. The molecule has 2 aliphatic heterocycles. The zero-order valence-corrected chi connectivity index (χ0v) is 15.5. The molecule has 1 aromatic heterocycles. The summed E-state index contributed by atoms with van der Waals surface area (Å²) < 4.78 is 5.10. The number of ether oxygens (including phenoxy) is 1. The molecule has 0 spiro atoms. The van der Waals surface area contributed by atoms with Gasteiger partial charge in [-0.3, -0.25) is 4.79 Å². The van der Waals surface area contributed by atoms with E-state index in [9.17, 15) is 19.5 Å². The fourth-order valence-electron chi connectivity index (χ4n) is 2.60. The van der Waals surface area contributed by atoms with E-state index >= 15 is 0 Å². The van der Waals surface area contributed by atoms with Gasteiger partial charge >= 0.3 is 11.9 Å². The lowest BCUT2D eigenvalue weighted by molar-refractivity contribution is -0.142. The summed E-state index contributed by atoms with van der Waals surface area (Å²) in [5.41, 5.74) is 6.00. The minimum absolute atomic E-state index is 0.0177. The van der Waals surface area contributed by atoms with Crippen LogP contribution in [0.2, 0.25) is 0 Å². The number of cyclic esters (lactones) is 1. The van der Waals surface area contributed by atoms with Crippen LogP contribution in [0.25, 0.3) is 0 Å². The third-order valence-corrected chi connectivity index (χ3v) is 5.84. The predicted octanol–water partition coefficient (Wildman–Crippen LogP) is -0.665. The van der Waals surface area contributed by atoms with Gasteiger partial charge < -0.3 is 31.4 Å². The number of carbonyl (C=O) groups excluding carboxylic acids is 2. The minimum atomic E-state index is -1.41. The number of thioether (sulfide) groups is 1. The minimum Gasteiger partial charge on any atom is -0.480 e. The van der Waals surface area contributed by atoms with Crippen LogP contribution in [0.15, 0.2) is 21.8 Å². The molecular formula is C14H15N5O6S2. The summed E-state index contributed by atoms with van der Waals surface area (Å²) in [6, 6.07) is -1.41. The number of oxime groups is 1. The Labute approximate surface area is 160 Å². The molecule has 11 nitrogen and oxygen atoms in total. The Morgan fingerprint density at radius 3 is 2.89 bits per heavy atom. The number of thiazole rings is 1. The number of amides is 1. The molecule has 0 radical (unpaired) electrons. The van der Waals surface area contributed by atoms with Crippen molar-refractivity contribution in [3.63, 3.8) is 0 Å². The highest BCUT2D eigenvalue weighted by Crippen LogP contribution is 2.32. The smallest absolute Gasteiger partial charge is 0.355 e. The normalized spacial score (nSPS) is 23.3. The SMILES string of the molecule is C[C@H]1OC(=O)C2=C1CS[C@@H]([C@H](NC(=O)/C(=N/O)c1csc(N)n1)C(=O)O)N2. The van der Waals surface area contributed by atoms with Gasteiger partial charge in [-0.25, -0.2) is 14.6 Å². The van der Waals surface area contributed by atoms with Crippen molar-refractivity contribution in [3.8, 4) is 0 Å². The molecule has 0 bridgehead atoms. The Morgan fingerprint density at radius 1 is 1.56 bits per heavy atom. The van der Waals surface area contributed by atoms with Crippen LogP contribution in [0.3, 0.4) is 0 Å². The van der Waals surface area contributed by atoms with E-state index < -0.39 is 35.0 Å². The van der Waals surface area contributed by atoms with Gasteiger partial charge in [-0.2, -0.15) is 0 Å². The summed E-state index contributed by atoms with van der Waals surface area (Å²) in [6.45, 7) is 1.73. The first kappa shape index (κ1) is 19.0.